The molecule has 3 rings (SSSR count). The largest absolute Gasteiger partial charge is 0.387 e. The van der Waals surface area contributed by atoms with Crippen LogP contribution in [0.5, 0.6) is 0 Å². The lowest BCUT2D eigenvalue weighted by molar-refractivity contribution is -0.143. The van der Waals surface area contributed by atoms with Crippen molar-refractivity contribution in [3.05, 3.63) is 71.5 Å². The molecule has 1 aliphatic heterocycles. The minimum absolute atomic E-state index is 0.131. The molecule has 0 saturated carbocycles. The Kier molecular flexibility index (Phi) is 6.87. The maximum absolute atomic E-state index is 13.7. The highest BCUT2D eigenvalue weighted by atomic mass is 19.1. The molecule has 0 spiro atoms. The van der Waals surface area contributed by atoms with E-state index in [1.54, 1.807) is 11.0 Å². The molecule has 5 heteroatoms. The monoisotopic (exact) mass is 426 g/mol. The van der Waals surface area contributed by atoms with Crippen LogP contribution in [0.4, 0.5) is 4.39 Å². The number of carbonyl (C=O) groups excluding carboxylic acids is 1. The molecule has 1 heterocycles. The fraction of sp³-hybridized carbons (Fsp3) is 0.500. The average Bonchev–Trinajstić information content (AvgIpc) is 3.03. The van der Waals surface area contributed by atoms with E-state index in [4.69, 9.17) is 0 Å². The Hall–Kier alpha value is -2.24. The van der Waals surface area contributed by atoms with Crippen molar-refractivity contribution in [2.75, 3.05) is 0 Å². The standard InChI is InChI=1S/C26H35FN2O2/c1-18(2)23-28-22(24(30)29(23)17-20-12-9-13-21(27)16-20)26(31,25(3,4)5)15-14-19-10-7-6-8-11-19/h6-13,16,18,22-23,28,31H,14-15,17H2,1-5H3/t22-,23?,26+/m1/s1. The first-order valence-corrected chi connectivity index (χ1v) is 11.1. The number of benzene rings is 2. The summed E-state index contributed by atoms with van der Waals surface area (Å²) in [6.45, 7) is 10.3. The quantitative estimate of drug-likeness (QED) is 0.685. The number of aliphatic hydroxyl groups is 1. The molecule has 168 valence electrons. The van der Waals surface area contributed by atoms with Gasteiger partial charge in [0.25, 0.3) is 0 Å². The topological polar surface area (TPSA) is 52.6 Å². The number of nitrogens with one attached hydrogen (secondary N) is 1. The van der Waals surface area contributed by atoms with E-state index in [1.807, 2.05) is 71.0 Å². The summed E-state index contributed by atoms with van der Waals surface area (Å²) in [7, 11) is 0. The summed E-state index contributed by atoms with van der Waals surface area (Å²) in [6.07, 6.45) is 0.908. The lowest BCUT2D eigenvalue weighted by atomic mass is 9.69. The zero-order valence-electron chi connectivity index (χ0n) is 19.2. The molecule has 0 bridgehead atoms. The average molecular weight is 427 g/mol. The highest BCUT2D eigenvalue weighted by molar-refractivity contribution is 5.86. The SMILES string of the molecule is CC(C)C1N[C@@H]([C@@](O)(CCc2ccccc2)C(C)(C)C)C(=O)N1Cc1cccc(F)c1. The molecular formula is C26H35FN2O2. The number of amides is 1. The molecule has 1 amide bonds. The van der Waals surface area contributed by atoms with E-state index in [0.717, 1.165) is 11.1 Å². The first-order chi connectivity index (χ1) is 14.5. The lowest BCUT2D eigenvalue weighted by Crippen LogP contribution is -2.60. The third kappa shape index (κ3) is 4.99. The normalized spacial score (nSPS) is 21.5. The van der Waals surface area contributed by atoms with Gasteiger partial charge in [0, 0.05) is 6.54 Å². The number of rotatable bonds is 7. The summed E-state index contributed by atoms with van der Waals surface area (Å²) in [5.41, 5.74) is 0.104. The molecule has 1 saturated heterocycles. The Morgan fingerprint density at radius 2 is 1.71 bits per heavy atom. The van der Waals surface area contributed by atoms with Gasteiger partial charge < -0.3 is 10.0 Å². The molecular weight excluding hydrogens is 391 g/mol. The molecule has 31 heavy (non-hydrogen) atoms. The molecule has 1 unspecified atom stereocenters. The van der Waals surface area contributed by atoms with Gasteiger partial charge in [-0.2, -0.15) is 0 Å². The molecule has 1 aliphatic rings. The van der Waals surface area contributed by atoms with E-state index in [1.165, 1.54) is 12.1 Å². The van der Waals surface area contributed by atoms with Crippen molar-refractivity contribution in [2.24, 2.45) is 11.3 Å². The number of hydrogen-bond donors (Lipinski definition) is 2. The van der Waals surface area contributed by atoms with E-state index in [9.17, 15) is 14.3 Å². The van der Waals surface area contributed by atoms with Crippen LogP contribution in [-0.4, -0.2) is 33.7 Å². The molecule has 0 aromatic heterocycles. The summed E-state index contributed by atoms with van der Waals surface area (Å²) in [4.78, 5) is 15.4. The van der Waals surface area contributed by atoms with Crippen molar-refractivity contribution in [3.63, 3.8) is 0 Å². The second-order valence-corrected chi connectivity index (χ2v) is 10.0. The summed E-state index contributed by atoms with van der Waals surface area (Å²) in [6, 6.07) is 15.6. The van der Waals surface area contributed by atoms with Crippen molar-refractivity contribution in [1.82, 2.24) is 10.2 Å². The zero-order valence-corrected chi connectivity index (χ0v) is 19.2. The van der Waals surface area contributed by atoms with Crippen LogP contribution in [0.25, 0.3) is 0 Å². The molecule has 2 aromatic rings. The van der Waals surface area contributed by atoms with Crippen LogP contribution >= 0.6 is 0 Å². The van der Waals surface area contributed by atoms with Crippen LogP contribution in [0.3, 0.4) is 0 Å². The maximum Gasteiger partial charge on any atom is 0.244 e. The predicted molar refractivity (Wildman–Crippen MR) is 122 cm³/mol. The smallest absolute Gasteiger partial charge is 0.244 e. The maximum atomic E-state index is 13.7. The van der Waals surface area contributed by atoms with Crippen LogP contribution < -0.4 is 5.32 Å². The van der Waals surface area contributed by atoms with Crippen LogP contribution in [0.2, 0.25) is 0 Å². The van der Waals surface area contributed by atoms with Gasteiger partial charge in [-0.1, -0.05) is 77.1 Å². The fourth-order valence-corrected chi connectivity index (χ4v) is 4.47. The van der Waals surface area contributed by atoms with Crippen molar-refractivity contribution < 1.29 is 14.3 Å². The Bertz CT molecular complexity index is 894. The third-order valence-corrected chi connectivity index (χ3v) is 6.49. The minimum Gasteiger partial charge on any atom is -0.387 e. The minimum atomic E-state index is -1.25. The van der Waals surface area contributed by atoms with Gasteiger partial charge in [-0.25, -0.2) is 4.39 Å². The molecule has 4 nitrogen and oxygen atoms in total. The van der Waals surface area contributed by atoms with Gasteiger partial charge in [0.15, 0.2) is 0 Å². The van der Waals surface area contributed by atoms with Crippen molar-refractivity contribution in [2.45, 2.75) is 71.8 Å². The van der Waals surface area contributed by atoms with Crippen LogP contribution in [0.15, 0.2) is 54.6 Å². The van der Waals surface area contributed by atoms with Crippen LogP contribution in [0, 0.1) is 17.2 Å². The number of aryl methyl sites for hydroxylation is 1. The van der Waals surface area contributed by atoms with Gasteiger partial charge in [-0.3, -0.25) is 10.1 Å². The van der Waals surface area contributed by atoms with E-state index >= 15 is 0 Å². The number of halogens is 1. The Labute approximate surface area is 185 Å². The third-order valence-electron chi connectivity index (χ3n) is 6.49. The Morgan fingerprint density at radius 1 is 1.06 bits per heavy atom. The second kappa shape index (κ2) is 9.09. The van der Waals surface area contributed by atoms with Gasteiger partial charge in [-0.15, -0.1) is 0 Å². The highest BCUT2D eigenvalue weighted by Crippen LogP contribution is 2.40. The highest BCUT2D eigenvalue weighted by Gasteiger charge is 2.55. The van der Waals surface area contributed by atoms with Crippen molar-refractivity contribution >= 4 is 5.91 Å². The lowest BCUT2D eigenvalue weighted by Gasteiger charge is -2.44. The van der Waals surface area contributed by atoms with Crippen LogP contribution in [-0.2, 0) is 17.8 Å². The van der Waals surface area contributed by atoms with Crippen molar-refractivity contribution in [3.8, 4) is 0 Å². The van der Waals surface area contributed by atoms with E-state index in [-0.39, 0.29) is 23.8 Å². The summed E-state index contributed by atoms with van der Waals surface area (Å²) in [5, 5.41) is 15.4. The van der Waals surface area contributed by atoms with Gasteiger partial charge in [0.05, 0.1) is 11.8 Å². The molecule has 3 atom stereocenters. The second-order valence-electron chi connectivity index (χ2n) is 10.0. The summed E-state index contributed by atoms with van der Waals surface area (Å²) in [5.74, 6) is -0.307. The summed E-state index contributed by atoms with van der Waals surface area (Å²) < 4.78 is 13.7. The van der Waals surface area contributed by atoms with Crippen LogP contribution in [0.1, 0.15) is 52.2 Å². The zero-order chi connectivity index (χ0) is 22.8. The molecule has 0 aliphatic carbocycles. The van der Waals surface area contributed by atoms with Gasteiger partial charge in [0.1, 0.15) is 11.9 Å². The van der Waals surface area contributed by atoms with E-state index < -0.39 is 17.1 Å². The Morgan fingerprint density at radius 3 is 2.29 bits per heavy atom. The first-order valence-electron chi connectivity index (χ1n) is 11.1. The van der Waals surface area contributed by atoms with E-state index in [0.29, 0.717) is 19.4 Å². The molecule has 0 radical (unpaired) electrons. The molecule has 2 aromatic carbocycles. The number of carbonyl (C=O) groups is 1. The fourth-order valence-electron chi connectivity index (χ4n) is 4.47. The van der Waals surface area contributed by atoms with Gasteiger partial charge >= 0.3 is 0 Å². The first kappa shape index (κ1) is 23.4. The van der Waals surface area contributed by atoms with E-state index in [2.05, 4.69) is 5.32 Å². The Balaban J connectivity index is 1.89. The molecule has 1 fully saturated rings. The number of hydrogen-bond acceptors (Lipinski definition) is 3. The van der Waals surface area contributed by atoms with Gasteiger partial charge in [0.2, 0.25) is 5.91 Å². The van der Waals surface area contributed by atoms with Crippen molar-refractivity contribution in [1.29, 1.82) is 0 Å². The summed E-state index contributed by atoms with van der Waals surface area (Å²) >= 11 is 0. The van der Waals surface area contributed by atoms with Gasteiger partial charge in [-0.05, 0) is 47.4 Å². The number of nitrogens with zero attached hydrogens (tertiary/aromatic N) is 1. The predicted octanol–water partition coefficient (Wildman–Crippen LogP) is 4.52. The molecule has 2 N–H and O–H groups in total.